The predicted molar refractivity (Wildman–Crippen MR) is 128 cm³/mol. The molecule has 0 spiro atoms. The SMILES string of the molecule is C/C(=N\NC(=O)Cn1nc(-c2ccc(Cl)cc2)c2ccccc2c1=O)c1ccc(C)cc1. The third kappa shape index (κ3) is 4.60. The molecular formula is C25H21ClN4O2. The molecule has 1 N–H and O–H groups in total. The number of aryl methyl sites for hydroxylation is 1. The van der Waals surface area contributed by atoms with Crippen LogP contribution in [0.4, 0.5) is 0 Å². The van der Waals surface area contributed by atoms with Crippen LogP contribution >= 0.6 is 11.6 Å². The molecule has 0 saturated heterocycles. The zero-order valence-corrected chi connectivity index (χ0v) is 18.4. The molecule has 0 unspecified atom stereocenters. The zero-order chi connectivity index (χ0) is 22.7. The van der Waals surface area contributed by atoms with E-state index in [1.807, 2.05) is 62.4 Å². The summed E-state index contributed by atoms with van der Waals surface area (Å²) in [5.74, 6) is -0.441. The first-order valence-corrected chi connectivity index (χ1v) is 10.5. The Morgan fingerprint density at radius 1 is 1.00 bits per heavy atom. The third-order valence-corrected chi connectivity index (χ3v) is 5.35. The van der Waals surface area contributed by atoms with Gasteiger partial charge in [0.2, 0.25) is 0 Å². The number of carbonyl (C=O) groups excluding carboxylic acids is 1. The van der Waals surface area contributed by atoms with Crippen molar-refractivity contribution >= 4 is 34.0 Å². The quantitative estimate of drug-likeness (QED) is 0.362. The van der Waals surface area contributed by atoms with Crippen LogP contribution in [0.3, 0.4) is 0 Å². The van der Waals surface area contributed by atoms with Crippen LogP contribution in [0.25, 0.3) is 22.0 Å². The van der Waals surface area contributed by atoms with E-state index in [9.17, 15) is 9.59 Å². The van der Waals surface area contributed by atoms with Crippen molar-refractivity contribution in [2.24, 2.45) is 5.10 Å². The van der Waals surface area contributed by atoms with E-state index in [1.54, 1.807) is 24.3 Å². The molecule has 0 aliphatic carbocycles. The lowest BCUT2D eigenvalue weighted by Gasteiger charge is -2.11. The molecule has 0 fully saturated rings. The third-order valence-electron chi connectivity index (χ3n) is 5.10. The molecule has 1 aromatic heterocycles. The first kappa shape index (κ1) is 21.5. The summed E-state index contributed by atoms with van der Waals surface area (Å²) in [5.41, 5.74) is 6.29. The highest BCUT2D eigenvalue weighted by molar-refractivity contribution is 6.30. The average Bonchev–Trinajstić information content (AvgIpc) is 2.80. The summed E-state index contributed by atoms with van der Waals surface area (Å²) in [6.07, 6.45) is 0. The van der Waals surface area contributed by atoms with E-state index in [2.05, 4.69) is 15.6 Å². The van der Waals surface area contributed by atoms with E-state index in [-0.39, 0.29) is 12.1 Å². The maximum Gasteiger partial charge on any atom is 0.275 e. The molecule has 160 valence electrons. The van der Waals surface area contributed by atoms with Crippen LogP contribution in [0, 0.1) is 6.92 Å². The molecule has 7 heteroatoms. The van der Waals surface area contributed by atoms with Crippen molar-refractivity contribution in [2.45, 2.75) is 20.4 Å². The normalized spacial score (nSPS) is 11.5. The monoisotopic (exact) mass is 444 g/mol. The smallest absolute Gasteiger partial charge is 0.271 e. The van der Waals surface area contributed by atoms with Gasteiger partial charge in [0.15, 0.2) is 0 Å². The summed E-state index contributed by atoms with van der Waals surface area (Å²) in [7, 11) is 0. The minimum Gasteiger partial charge on any atom is -0.271 e. The van der Waals surface area contributed by atoms with Gasteiger partial charge in [-0.05, 0) is 37.6 Å². The van der Waals surface area contributed by atoms with Gasteiger partial charge >= 0.3 is 0 Å². The van der Waals surface area contributed by atoms with Gasteiger partial charge in [-0.2, -0.15) is 10.2 Å². The Hall–Kier alpha value is -3.77. The summed E-state index contributed by atoms with van der Waals surface area (Å²) in [4.78, 5) is 25.5. The summed E-state index contributed by atoms with van der Waals surface area (Å²) in [6.45, 7) is 3.56. The molecule has 3 aromatic carbocycles. The Balaban J connectivity index is 1.64. The van der Waals surface area contributed by atoms with Gasteiger partial charge in [0.25, 0.3) is 11.5 Å². The minimum absolute atomic E-state index is 0.255. The van der Waals surface area contributed by atoms with Gasteiger partial charge in [-0.3, -0.25) is 9.59 Å². The van der Waals surface area contributed by atoms with Crippen molar-refractivity contribution in [3.8, 4) is 11.3 Å². The van der Waals surface area contributed by atoms with E-state index < -0.39 is 5.91 Å². The van der Waals surface area contributed by atoms with Crippen molar-refractivity contribution < 1.29 is 4.79 Å². The van der Waals surface area contributed by atoms with Crippen LogP contribution < -0.4 is 11.0 Å². The zero-order valence-electron chi connectivity index (χ0n) is 17.7. The number of hydrazone groups is 1. The van der Waals surface area contributed by atoms with Gasteiger partial charge in [0, 0.05) is 16.0 Å². The topological polar surface area (TPSA) is 76.3 Å². The van der Waals surface area contributed by atoms with Crippen molar-refractivity contribution in [2.75, 3.05) is 0 Å². The molecule has 0 aliphatic rings. The standard InChI is InChI=1S/C25H21ClN4O2/c1-16-7-9-18(10-8-16)17(2)27-28-23(31)15-30-25(32)22-6-4-3-5-21(22)24(29-30)19-11-13-20(26)14-12-19/h3-14H,15H2,1-2H3,(H,28,31)/b27-17+. The van der Waals surface area contributed by atoms with Crippen molar-refractivity contribution in [1.29, 1.82) is 0 Å². The van der Waals surface area contributed by atoms with Crippen molar-refractivity contribution in [3.05, 3.63) is 99.3 Å². The van der Waals surface area contributed by atoms with E-state index in [0.29, 0.717) is 27.2 Å². The fourth-order valence-corrected chi connectivity index (χ4v) is 3.47. The Bertz CT molecular complexity index is 1370. The Morgan fingerprint density at radius 2 is 1.66 bits per heavy atom. The molecule has 1 amide bonds. The molecule has 0 atom stereocenters. The van der Waals surface area contributed by atoms with Crippen LogP contribution in [0.5, 0.6) is 0 Å². The van der Waals surface area contributed by atoms with Gasteiger partial charge in [0.05, 0.1) is 16.8 Å². The predicted octanol–water partition coefficient (Wildman–Crippen LogP) is 4.57. The number of benzene rings is 3. The number of aromatic nitrogens is 2. The van der Waals surface area contributed by atoms with Crippen LogP contribution in [0.2, 0.25) is 5.02 Å². The molecular weight excluding hydrogens is 424 g/mol. The molecule has 32 heavy (non-hydrogen) atoms. The largest absolute Gasteiger partial charge is 0.275 e. The molecule has 0 aliphatic heterocycles. The minimum atomic E-state index is -0.441. The second-order valence-electron chi connectivity index (χ2n) is 7.46. The van der Waals surface area contributed by atoms with E-state index in [4.69, 9.17) is 11.6 Å². The number of nitrogens with one attached hydrogen (secondary N) is 1. The first-order valence-electron chi connectivity index (χ1n) is 10.1. The lowest BCUT2D eigenvalue weighted by Crippen LogP contribution is -2.32. The van der Waals surface area contributed by atoms with Crippen LogP contribution in [0.15, 0.2) is 82.7 Å². The van der Waals surface area contributed by atoms with Crippen molar-refractivity contribution in [3.63, 3.8) is 0 Å². The highest BCUT2D eigenvalue weighted by Crippen LogP contribution is 2.25. The van der Waals surface area contributed by atoms with Gasteiger partial charge in [-0.25, -0.2) is 10.1 Å². The molecule has 6 nitrogen and oxygen atoms in total. The Labute approximate surface area is 190 Å². The van der Waals surface area contributed by atoms with Gasteiger partial charge in [0.1, 0.15) is 6.54 Å². The number of fused-ring (bicyclic) bond motifs is 1. The number of amides is 1. The van der Waals surface area contributed by atoms with Crippen LogP contribution in [-0.4, -0.2) is 21.4 Å². The average molecular weight is 445 g/mol. The number of nitrogens with zero attached hydrogens (tertiary/aromatic N) is 3. The summed E-state index contributed by atoms with van der Waals surface area (Å²) in [6, 6.07) is 22.2. The van der Waals surface area contributed by atoms with Gasteiger partial charge in [-0.15, -0.1) is 0 Å². The van der Waals surface area contributed by atoms with Crippen LogP contribution in [0.1, 0.15) is 18.1 Å². The number of hydrogen-bond acceptors (Lipinski definition) is 4. The second kappa shape index (κ2) is 9.16. The number of rotatable bonds is 5. The fraction of sp³-hybridized carbons (Fsp3) is 0.120. The summed E-state index contributed by atoms with van der Waals surface area (Å²) >= 11 is 6.01. The fourth-order valence-electron chi connectivity index (χ4n) is 3.34. The molecule has 0 saturated carbocycles. The van der Waals surface area contributed by atoms with Gasteiger partial charge < -0.3 is 0 Å². The first-order chi connectivity index (χ1) is 15.4. The molecule has 4 rings (SSSR count). The Morgan fingerprint density at radius 3 is 2.34 bits per heavy atom. The number of carbonyl (C=O) groups is 1. The Kier molecular flexibility index (Phi) is 6.14. The van der Waals surface area contributed by atoms with E-state index >= 15 is 0 Å². The second-order valence-corrected chi connectivity index (χ2v) is 7.90. The highest BCUT2D eigenvalue weighted by atomic mass is 35.5. The lowest BCUT2D eigenvalue weighted by molar-refractivity contribution is -0.121. The van der Waals surface area contributed by atoms with Gasteiger partial charge in [-0.1, -0.05) is 71.8 Å². The number of hydrogen-bond donors (Lipinski definition) is 1. The van der Waals surface area contributed by atoms with E-state index in [1.165, 1.54) is 4.68 Å². The van der Waals surface area contributed by atoms with Crippen molar-refractivity contribution in [1.82, 2.24) is 15.2 Å². The summed E-state index contributed by atoms with van der Waals surface area (Å²) < 4.78 is 1.17. The highest BCUT2D eigenvalue weighted by Gasteiger charge is 2.14. The molecule has 0 bridgehead atoms. The number of halogens is 1. The lowest BCUT2D eigenvalue weighted by atomic mass is 10.1. The molecule has 1 heterocycles. The molecule has 4 aromatic rings. The summed E-state index contributed by atoms with van der Waals surface area (Å²) in [5, 5.41) is 10.5. The maximum absolute atomic E-state index is 13.0. The van der Waals surface area contributed by atoms with E-state index in [0.717, 1.165) is 16.7 Å². The maximum atomic E-state index is 13.0. The molecule has 0 radical (unpaired) electrons. The van der Waals surface area contributed by atoms with Crippen LogP contribution in [-0.2, 0) is 11.3 Å².